The van der Waals surface area contributed by atoms with Crippen LogP contribution in [0.3, 0.4) is 0 Å². The van der Waals surface area contributed by atoms with Gasteiger partial charge in [0.1, 0.15) is 28.7 Å². The van der Waals surface area contributed by atoms with Gasteiger partial charge in [-0.2, -0.15) is 0 Å². The number of benzene rings is 1. The Morgan fingerprint density at radius 3 is 2.77 bits per heavy atom. The van der Waals surface area contributed by atoms with Crippen LogP contribution in [0.4, 0.5) is 0 Å². The Balaban J connectivity index is 1.73. The van der Waals surface area contributed by atoms with Gasteiger partial charge in [-0.1, -0.05) is 6.07 Å². The largest absolute Gasteiger partial charge is 0.535 e. The molecule has 0 radical (unpaired) electrons. The number of carbonyl (C=O) groups excluding carboxylic acids is 1. The lowest BCUT2D eigenvalue weighted by atomic mass is 9.78. The Hall–Kier alpha value is -2.30. The predicted octanol–water partition coefficient (Wildman–Crippen LogP) is -0.900. The molecule has 1 fully saturated rings. The number of aromatic carboxylic acids is 1. The minimum Gasteiger partial charge on any atom is -0.535 e. The smallest absolute Gasteiger partial charge is 0.522 e. The molecule has 1 aromatic carbocycles. The number of aliphatic hydroxyl groups excluding tert-OH is 1. The molecule has 1 saturated heterocycles. The third kappa shape index (κ3) is 3.35. The minimum absolute atomic E-state index is 0.121. The molecule has 0 aliphatic carbocycles. The number of fused-ring (bicyclic) bond motifs is 1. The van der Waals surface area contributed by atoms with E-state index in [4.69, 9.17) is 20.2 Å². The molecule has 0 bridgehead atoms. The number of aliphatic hydroxyl groups is 1. The zero-order valence-electron chi connectivity index (χ0n) is 14.3. The first-order valence-corrected chi connectivity index (χ1v) is 8.32. The van der Waals surface area contributed by atoms with Crippen LogP contribution in [0.2, 0.25) is 6.32 Å². The van der Waals surface area contributed by atoms with E-state index in [1.54, 1.807) is 12.1 Å². The zero-order chi connectivity index (χ0) is 19.1. The highest BCUT2D eigenvalue weighted by molar-refractivity contribution is 6.44. The molecule has 2 heterocycles. The number of ether oxygens (including phenoxy) is 1. The molecule has 1 atom stereocenters. The van der Waals surface area contributed by atoms with Gasteiger partial charge in [0.05, 0.1) is 19.7 Å². The van der Waals surface area contributed by atoms with Gasteiger partial charge in [0.25, 0.3) is 0 Å². The normalized spacial score (nSPS) is 19.1. The molecular weight excluding hydrogens is 343 g/mol. The van der Waals surface area contributed by atoms with Crippen molar-refractivity contribution in [1.82, 2.24) is 4.90 Å². The predicted molar refractivity (Wildman–Crippen MR) is 91.2 cm³/mol. The number of hydrogen-bond acceptors (Lipinski definition) is 7. The van der Waals surface area contributed by atoms with Gasteiger partial charge in [-0.15, -0.1) is 0 Å². The van der Waals surface area contributed by atoms with Gasteiger partial charge in [-0.05, 0) is 31.3 Å². The SMILES string of the molecule is C[C@](N)(CO)C(=O)N1CC(Oc2ccc3c(c2C(=O)O)OB(O)CC3)C1. The fraction of sp³-hybridized carbons (Fsp3) is 0.500. The van der Waals surface area contributed by atoms with Crippen LogP contribution in [-0.4, -0.2) is 70.5 Å². The monoisotopic (exact) mass is 364 g/mol. The van der Waals surface area contributed by atoms with Gasteiger partial charge in [0.2, 0.25) is 5.91 Å². The van der Waals surface area contributed by atoms with Crippen LogP contribution in [0.25, 0.3) is 0 Å². The number of nitrogens with zero attached hydrogens (tertiary/aromatic N) is 1. The molecule has 140 valence electrons. The van der Waals surface area contributed by atoms with Crippen LogP contribution >= 0.6 is 0 Å². The van der Waals surface area contributed by atoms with Gasteiger partial charge in [-0.25, -0.2) is 4.79 Å². The maximum Gasteiger partial charge on any atom is 0.522 e. The quantitative estimate of drug-likeness (QED) is 0.493. The van der Waals surface area contributed by atoms with E-state index in [0.717, 1.165) is 0 Å². The molecule has 2 aliphatic rings. The Labute approximate surface area is 150 Å². The van der Waals surface area contributed by atoms with E-state index in [-0.39, 0.29) is 30.2 Å². The van der Waals surface area contributed by atoms with Gasteiger partial charge in [0, 0.05) is 0 Å². The maximum absolute atomic E-state index is 12.1. The molecule has 0 aromatic heterocycles. The Morgan fingerprint density at radius 1 is 1.46 bits per heavy atom. The van der Waals surface area contributed by atoms with Gasteiger partial charge in [0.15, 0.2) is 0 Å². The molecular formula is C16H21BN2O7. The molecule has 0 saturated carbocycles. The molecule has 5 N–H and O–H groups in total. The molecule has 9 nitrogen and oxygen atoms in total. The van der Waals surface area contributed by atoms with Crippen molar-refractivity contribution in [2.75, 3.05) is 19.7 Å². The van der Waals surface area contributed by atoms with Crippen molar-refractivity contribution >= 4 is 19.0 Å². The first-order chi connectivity index (χ1) is 12.2. The molecule has 1 aromatic rings. The van der Waals surface area contributed by atoms with Crippen molar-refractivity contribution in [3.8, 4) is 11.5 Å². The number of aryl methyl sites for hydroxylation is 1. The first kappa shape index (κ1) is 18.5. The van der Waals surface area contributed by atoms with E-state index in [9.17, 15) is 19.7 Å². The lowest BCUT2D eigenvalue weighted by molar-refractivity contribution is -0.146. The van der Waals surface area contributed by atoms with Crippen molar-refractivity contribution in [3.63, 3.8) is 0 Å². The second kappa shape index (κ2) is 6.78. The lowest BCUT2D eigenvalue weighted by Gasteiger charge is -2.42. The standard InChI is InChI=1S/C16H21BN2O7/c1-16(18,8-20)15(23)19-6-10(7-19)25-11-3-2-9-4-5-17(24)26-13(9)12(11)14(21)22/h2-3,10,20,24H,4-8,18H2,1H3,(H,21,22)/t16-/m0/s1. The van der Waals surface area contributed by atoms with Crippen LogP contribution in [-0.2, 0) is 11.2 Å². The topological polar surface area (TPSA) is 143 Å². The van der Waals surface area contributed by atoms with Crippen LogP contribution < -0.4 is 15.1 Å². The molecule has 3 rings (SSSR count). The zero-order valence-corrected chi connectivity index (χ0v) is 14.3. The molecule has 0 unspecified atom stereocenters. The van der Waals surface area contributed by atoms with Crippen LogP contribution in [0.5, 0.6) is 11.5 Å². The number of likely N-dealkylation sites (tertiary alicyclic amines) is 1. The van der Waals surface area contributed by atoms with Crippen LogP contribution in [0.1, 0.15) is 22.8 Å². The average molecular weight is 364 g/mol. The minimum atomic E-state index is -1.35. The van der Waals surface area contributed by atoms with E-state index >= 15 is 0 Å². The summed E-state index contributed by atoms with van der Waals surface area (Å²) in [6, 6.07) is 3.28. The average Bonchev–Trinajstić information content (AvgIpc) is 2.56. The summed E-state index contributed by atoms with van der Waals surface area (Å²) < 4.78 is 11.0. The summed E-state index contributed by atoms with van der Waals surface area (Å²) in [5.41, 5.74) is 4.93. The van der Waals surface area contributed by atoms with Crippen molar-refractivity contribution in [2.45, 2.75) is 31.3 Å². The van der Waals surface area contributed by atoms with Crippen molar-refractivity contribution in [1.29, 1.82) is 0 Å². The third-order valence-electron chi connectivity index (χ3n) is 4.58. The number of amides is 1. The summed E-state index contributed by atoms with van der Waals surface area (Å²) >= 11 is 0. The molecule has 2 aliphatic heterocycles. The highest BCUT2D eigenvalue weighted by Crippen LogP contribution is 2.37. The van der Waals surface area contributed by atoms with E-state index in [0.29, 0.717) is 18.3 Å². The molecule has 1 amide bonds. The van der Waals surface area contributed by atoms with E-state index in [1.807, 2.05) is 0 Å². The number of carbonyl (C=O) groups is 2. The fourth-order valence-electron chi connectivity index (χ4n) is 3.00. The number of nitrogens with two attached hydrogens (primary N) is 1. The molecule has 26 heavy (non-hydrogen) atoms. The Morgan fingerprint density at radius 2 is 2.15 bits per heavy atom. The fourth-order valence-corrected chi connectivity index (χ4v) is 3.00. The van der Waals surface area contributed by atoms with Gasteiger partial charge < -0.3 is 35.3 Å². The van der Waals surface area contributed by atoms with E-state index < -0.39 is 37.2 Å². The van der Waals surface area contributed by atoms with Crippen molar-refractivity contribution < 1.29 is 34.2 Å². The first-order valence-electron chi connectivity index (χ1n) is 8.32. The van der Waals surface area contributed by atoms with Gasteiger partial charge >= 0.3 is 13.1 Å². The summed E-state index contributed by atoms with van der Waals surface area (Å²) in [4.78, 5) is 25.2. The number of carboxylic acids is 1. The molecule has 10 heteroatoms. The number of carboxylic acid groups (broad SMARTS) is 1. The van der Waals surface area contributed by atoms with E-state index in [2.05, 4.69) is 0 Å². The van der Waals surface area contributed by atoms with E-state index in [1.165, 1.54) is 11.8 Å². The van der Waals surface area contributed by atoms with Crippen molar-refractivity contribution in [2.24, 2.45) is 5.73 Å². The second-order valence-electron chi connectivity index (χ2n) is 6.87. The number of rotatable bonds is 5. The summed E-state index contributed by atoms with van der Waals surface area (Å²) in [6.45, 7) is 1.45. The third-order valence-corrected chi connectivity index (χ3v) is 4.58. The Bertz CT molecular complexity index is 734. The Kier molecular flexibility index (Phi) is 4.83. The highest BCUT2D eigenvalue weighted by atomic mass is 16.5. The maximum atomic E-state index is 12.1. The van der Waals surface area contributed by atoms with Gasteiger partial charge in [-0.3, -0.25) is 4.79 Å². The lowest BCUT2D eigenvalue weighted by Crippen LogP contribution is -2.64. The van der Waals surface area contributed by atoms with Crippen LogP contribution in [0.15, 0.2) is 12.1 Å². The highest BCUT2D eigenvalue weighted by Gasteiger charge is 2.40. The summed E-state index contributed by atoms with van der Waals surface area (Å²) in [7, 11) is -1.05. The summed E-state index contributed by atoms with van der Waals surface area (Å²) in [6.07, 6.45) is 0.520. The van der Waals surface area contributed by atoms with Crippen LogP contribution in [0, 0.1) is 0 Å². The molecule has 0 spiro atoms. The second-order valence-corrected chi connectivity index (χ2v) is 6.87. The number of hydrogen-bond donors (Lipinski definition) is 4. The van der Waals surface area contributed by atoms with Crippen molar-refractivity contribution in [3.05, 3.63) is 23.3 Å². The summed E-state index contributed by atoms with van der Waals surface area (Å²) in [5.74, 6) is -1.36. The summed E-state index contributed by atoms with van der Waals surface area (Å²) in [5, 5.41) is 28.4.